The lowest BCUT2D eigenvalue weighted by Gasteiger charge is -2.08. The first-order valence-corrected chi connectivity index (χ1v) is 6.20. The van der Waals surface area contributed by atoms with Crippen molar-refractivity contribution in [3.05, 3.63) is 32.9 Å². The van der Waals surface area contributed by atoms with Crippen molar-refractivity contribution in [1.29, 1.82) is 0 Å². The second kappa shape index (κ2) is 7.10. The molecule has 0 aliphatic heterocycles. The quantitative estimate of drug-likeness (QED) is 0.707. The highest BCUT2D eigenvalue weighted by atomic mass is 19.1. The normalized spacial score (nSPS) is 11.1. The van der Waals surface area contributed by atoms with Gasteiger partial charge in [-0.05, 0) is 25.3 Å². The summed E-state index contributed by atoms with van der Waals surface area (Å²) in [5, 5.41) is 3.18. The Labute approximate surface area is 105 Å². The number of aromatic nitrogens is 2. The number of nitrogens with zero attached hydrogens (tertiary/aromatic N) is 1. The molecule has 0 unspecified atom stereocenters. The summed E-state index contributed by atoms with van der Waals surface area (Å²) in [6.07, 6.45) is 3.17. The molecule has 1 rings (SSSR count). The van der Waals surface area contributed by atoms with Gasteiger partial charge in [-0.15, -0.1) is 0 Å². The van der Waals surface area contributed by atoms with Crippen LogP contribution in [0.4, 0.5) is 4.39 Å². The number of H-pyrrole nitrogens is 1. The van der Waals surface area contributed by atoms with E-state index in [1.807, 2.05) is 4.98 Å². The Balaban J connectivity index is 2.34. The average molecular weight is 257 g/mol. The topological polar surface area (TPSA) is 66.9 Å². The summed E-state index contributed by atoms with van der Waals surface area (Å²) in [7, 11) is 0. The van der Waals surface area contributed by atoms with Gasteiger partial charge in [0.2, 0.25) is 5.82 Å². The Kier molecular flexibility index (Phi) is 5.77. The molecule has 5 nitrogen and oxygen atoms in total. The third kappa shape index (κ3) is 4.83. The van der Waals surface area contributed by atoms with Crippen molar-refractivity contribution in [3.63, 3.8) is 0 Å². The first kappa shape index (κ1) is 14.6. The van der Waals surface area contributed by atoms with Crippen LogP contribution in [-0.2, 0) is 6.54 Å². The van der Waals surface area contributed by atoms with Crippen LogP contribution in [0.3, 0.4) is 0 Å². The van der Waals surface area contributed by atoms with Crippen molar-refractivity contribution in [2.24, 2.45) is 5.92 Å². The Morgan fingerprint density at radius 2 is 2.11 bits per heavy atom. The maximum absolute atomic E-state index is 13.0. The minimum Gasteiger partial charge on any atom is -0.315 e. The molecule has 0 fully saturated rings. The highest BCUT2D eigenvalue weighted by Gasteiger charge is 2.02. The lowest BCUT2D eigenvalue weighted by atomic mass is 10.1. The molecule has 1 aromatic rings. The van der Waals surface area contributed by atoms with Crippen LogP contribution in [-0.4, -0.2) is 22.6 Å². The SMILES string of the molecule is CC(C)CCCNCCn1cc(F)c(=O)[nH]c1=O. The summed E-state index contributed by atoms with van der Waals surface area (Å²) >= 11 is 0. The van der Waals surface area contributed by atoms with Crippen LogP contribution in [0.15, 0.2) is 15.8 Å². The molecule has 18 heavy (non-hydrogen) atoms. The first-order chi connectivity index (χ1) is 8.50. The Morgan fingerprint density at radius 1 is 1.39 bits per heavy atom. The molecule has 0 bridgehead atoms. The molecule has 0 aromatic carbocycles. The summed E-state index contributed by atoms with van der Waals surface area (Å²) in [5.74, 6) is -0.253. The van der Waals surface area contributed by atoms with Gasteiger partial charge in [0.1, 0.15) is 0 Å². The van der Waals surface area contributed by atoms with Crippen molar-refractivity contribution >= 4 is 0 Å². The molecule has 0 amide bonds. The van der Waals surface area contributed by atoms with Gasteiger partial charge in [0.25, 0.3) is 5.56 Å². The number of aromatic amines is 1. The highest BCUT2D eigenvalue weighted by Crippen LogP contribution is 2.01. The molecule has 0 spiro atoms. The zero-order valence-electron chi connectivity index (χ0n) is 10.8. The summed E-state index contributed by atoms with van der Waals surface area (Å²) in [4.78, 5) is 24.0. The van der Waals surface area contributed by atoms with Gasteiger partial charge in [-0.25, -0.2) is 4.79 Å². The van der Waals surface area contributed by atoms with Gasteiger partial charge in [0, 0.05) is 13.1 Å². The second-order valence-electron chi connectivity index (χ2n) is 4.72. The van der Waals surface area contributed by atoms with Crippen LogP contribution in [0.2, 0.25) is 0 Å². The first-order valence-electron chi connectivity index (χ1n) is 6.20. The molecule has 0 aliphatic rings. The summed E-state index contributed by atoms with van der Waals surface area (Å²) in [5.41, 5.74) is -1.55. The minimum absolute atomic E-state index is 0.341. The molecule has 2 N–H and O–H groups in total. The van der Waals surface area contributed by atoms with E-state index in [1.165, 1.54) is 0 Å². The number of nitrogens with one attached hydrogen (secondary N) is 2. The molecule has 0 saturated carbocycles. The molecule has 0 aliphatic carbocycles. The standard InChI is InChI=1S/C12H20FN3O2/c1-9(2)4-3-5-14-6-7-16-8-10(13)11(17)15-12(16)18/h8-9,14H,3-7H2,1-2H3,(H,15,17,18). The molecule has 1 aromatic heterocycles. The van der Waals surface area contributed by atoms with Gasteiger partial charge in [-0.1, -0.05) is 13.8 Å². The summed E-state index contributed by atoms with van der Waals surface area (Å²) < 4.78 is 14.1. The number of hydrogen-bond donors (Lipinski definition) is 2. The maximum atomic E-state index is 13.0. The molecule has 0 radical (unpaired) electrons. The van der Waals surface area contributed by atoms with Gasteiger partial charge in [0.05, 0.1) is 6.20 Å². The molecule has 0 saturated heterocycles. The summed E-state index contributed by atoms with van der Waals surface area (Å²) in [6.45, 7) is 6.13. The minimum atomic E-state index is -0.971. The third-order valence-electron chi connectivity index (χ3n) is 2.63. The largest absolute Gasteiger partial charge is 0.328 e. The molecule has 1 heterocycles. The van der Waals surface area contributed by atoms with E-state index in [4.69, 9.17) is 0 Å². The zero-order chi connectivity index (χ0) is 13.5. The fraction of sp³-hybridized carbons (Fsp3) is 0.667. The van der Waals surface area contributed by atoms with Gasteiger partial charge in [-0.2, -0.15) is 4.39 Å². The van der Waals surface area contributed by atoms with Crippen LogP contribution in [0.25, 0.3) is 0 Å². The van der Waals surface area contributed by atoms with Crippen molar-refractivity contribution < 1.29 is 4.39 Å². The van der Waals surface area contributed by atoms with Crippen molar-refractivity contribution in [3.8, 4) is 0 Å². The smallest absolute Gasteiger partial charge is 0.315 e. The van der Waals surface area contributed by atoms with E-state index in [2.05, 4.69) is 19.2 Å². The van der Waals surface area contributed by atoms with Crippen LogP contribution >= 0.6 is 0 Å². The van der Waals surface area contributed by atoms with E-state index in [0.29, 0.717) is 19.0 Å². The monoisotopic (exact) mass is 257 g/mol. The fourth-order valence-electron chi connectivity index (χ4n) is 1.61. The highest BCUT2D eigenvalue weighted by molar-refractivity contribution is 4.87. The molecule has 0 atom stereocenters. The van der Waals surface area contributed by atoms with Gasteiger partial charge in [-0.3, -0.25) is 14.3 Å². The second-order valence-corrected chi connectivity index (χ2v) is 4.72. The number of hydrogen-bond acceptors (Lipinski definition) is 3. The third-order valence-corrected chi connectivity index (χ3v) is 2.63. The molecule has 6 heteroatoms. The molecule has 102 valence electrons. The van der Waals surface area contributed by atoms with Crippen LogP contribution in [0.5, 0.6) is 0 Å². The fourth-order valence-corrected chi connectivity index (χ4v) is 1.61. The maximum Gasteiger partial charge on any atom is 0.328 e. The van der Waals surface area contributed by atoms with E-state index in [-0.39, 0.29) is 0 Å². The van der Waals surface area contributed by atoms with E-state index in [1.54, 1.807) is 0 Å². The summed E-state index contributed by atoms with van der Waals surface area (Å²) in [6, 6.07) is 0. The Hall–Kier alpha value is -1.43. The van der Waals surface area contributed by atoms with Gasteiger partial charge >= 0.3 is 5.69 Å². The predicted octanol–water partition coefficient (Wildman–Crippen LogP) is 0.702. The van der Waals surface area contributed by atoms with E-state index in [0.717, 1.165) is 30.2 Å². The Bertz CT molecular complexity index is 479. The predicted molar refractivity (Wildman–Crippen MR) is 68.2 cm³/mol. The zero-order valence-corrected chi connectivity index (χ0v) is 10.8. The van der Waals surface area contributed by atoms with Crippen LogP contribution in [0.1, 0.15) is 26.7 Å². The Morgan fingerprint density at radius 3 is 2.78 bits per heavy atom. The van der Waals surface area contributed by atoms with E-state index < -0.39 is 17.1 Å². The van der Waals surface area contributed by atoms with Crippen LogP contribution < -0.4 is 16.6 Å². The van der Waals surface area contributed by atoms with Gasteiger partial charge < -0.3 is 5.32 Å². The van der Waals surface area contributed by atoms with Crippen molar-refractivity contribution in [1.82, 2.24) is 14.9 Å². The number of rotatable bonds is 7. The van der Waals surface area contributed by atoms with E-state index >= 15 is 0 Å². The van der Waals surface area contributed by atoms with E-state index in [9.17, 15) is 14.0 Å². The van der Waals surface area contributed by atoms with Gasteiger partial charge in [0.15, 0.2) is 0 Å². The number of halogens is 1. The molecular weight excluding hydrogens is 237 g/mol. The average Bonchev–Trinajstić information content (AvgIpc) is 2.29. The van der Waals surface area contributed by atoms with Crippen molar-refractivity contribution in [2.75, 3.05) is 13.1 Å². The molecular formula is C12H20FN3O2. The lowest BCUT2D eigenvalue weighted by molar-refractivity contribution is 0.500. The van der Waals surface area contributed by atoms with Crippen molar-refractivity contribution in [2.45, 2.75) is 33.2 Å². The van der Waals surface area contributed by atoms with Crippen LogP contribution in [0, 0.1) is 11.7 Å². The lowest BCUT2D eigenvalue weighted by Crippen LogP contribution is -2.34.